The van der Waals surface area contributed by atoms with Crippen LogP contribution >= 0.6 is 7.60 Å². The van der Waals surface area contributed by atoms with Gasteiger partial charge in [0.2, 0.25) is 5.95 Å². The molecule has 2 aliphatic rings. The van der Waals surface area contributed by atoms with E-state index in [2.05, 4.69) is 15.0 Å². The highest BCUT2D eigenvalue weighted by Gasteiger charge is 2.54. The number of fused-ring (bicyclic) bond motifs is 2. The van der Waals surface area contributed by atoms with Crippen molar-refractivity contribution in [3.63, 3.8) is 0 Å². The summed E-state index contributed by atoms with van der Waals surface area (Å²) in [6.07, 6.45) is -3.67. The predicted molar refractivity (Wildman–Crippen MR) is 84.0 cm³/mol. The van der Waals surface area contributed by atoms with E-state index in [1.165, 1.54) is 10.9 Å². The van der Waals surface area contributed by atoms with Gasteiger partial charge in [-0.1, -0.05) is 0 Å². The molecular formula is C12H16N5O8P. The van der Waals surface area contributed by atoms with E-state index in [4.69, 9.17) is 29.7 Å². The average molecular weight is 389 g/mol. The average Bonchev–Trinajstić information content (AvgIpc) is 3.18. The summed E-state index contributed by atoms with van der Waals surface area (Å²) in [7, 11) is -4.36. The Labute approximate surface area is 144 Å². The number of imidazole rings is 1. The van der Waals surface area contributed by atoms with Crippen LogP contribution in [0.2, 0.25) is 0 Å². The molecule has 2 aromatic rings. The molecule has 0 spiro atoms. The highest BCUT2D eigenvalue weighted by atomic mass is 31.2. The number of hydrogen-bond donors (Lipinski definition) is 5. The number of rotatable bonds is 4. The second-order valence-electron chi connectivity index (χ2n) is 6.00. The van der Waals surface area contributed by atoms with E-state index < -0.39 is 56.8 Å². The topological polar surface area (TPSA) is 195 Å². The Kier molecular flexibility index (Phi) is 4.11. The third-order valence-electron chi connectivity index (χ3n) is 4.19. The summed E-state index contributed by atoms with van der Waals surface area (Å²) in [6, 6.07) is 0. The first-order valence-corrected chi connectivity index (χ1v) is 9.41. The van der Waals surface area contributed by atoms with Crippen molar-refractivity contribution in [3.8, 4) is 0 Å². The quantitative estimate of drug-likeness (QED) is 0.359. The zero-order valence-electron chi connectivity index (χ0n) is 13.1. The van der Waals surface area contributed by atoms with Crippen LogP contribution < -0.4 is 11.3 Å². The Balaban J connectivity index is 1.69. The van der Waals surface area contributed by atoms with E-state index in [1.54, 1.807) is 0 Å². The smallest absolute Gasteiger partial charge is 0.330 e. The molecule has 2 saturated heterocycles. The summed E-state index contributed by atoms with van der Waals surface area (Å²) in [6.45, 7) is -0.396. The second kappa shape index (κ2) is 6.09. The molecule has 26 heavy (non-hydrogen) atoms. The zero-order chi connectivity index (χ0) is 18.6. The summed E-state index contributed by atoms with van der Waals surface area (Å²) in [4.78, 5) is 40.5. The summed E-state index contributed by atoms with van der Waals surface area (Å²) in [5.74, 6) is -0.111. The minimum atomic E-state index is -4.36. The lowest BCUT2D eigenvalue weighted by molar-refractivity contribution is -0.143. The van der Waals surface area contributed by atoms with Crippen LogP contribution in [0.5, 0.6) is 0 Å². The monoisotopic (exact) mass is 389 g/mol. The Bertz CT molecular complexity index is 939. The van der Waals surface area contributed by atoms with Crippen LogP contribution in [0.1, 0.15) is 6.23 Å². The first-order chi connectivity index (χ1) is 12.3. The van der Waals surface area contributed by atoms with E-state index in [0.29, 0.717) is 0 Å². The number of H-pyrrole nitrogens is 1. The zero-order valence-corrected chi connectivity index (χ0v) is 14.0. The van der Waals surface area contributed by atoms with Gasteiger partial charge in [0.1, 0.15) is 24.5 Å². The van der Waals surface area contributed by atoms with Crippen molar-refractivity contribution in [2.24, 2.45) is 0 Å². The van der Waals surface area contributed by atoms with Crippen LogP contribution in [0.15, 0.2) is 11.1 Å². The van der Waals surface area contributed by atoms with Crippen molar-refractivity contribution in [2.75, 3.05) is 18.5 Å². The van der Waals surface area contributed by atoms with Gasteiger partial charge in [0.25, 0.3) is 5.56 Å². The Morgan fingerprint density at radius 2 is 2.04 bits per heavy atom. The SMILES string of the molecule is Nc1nc2c(ncn2C2OC(CO)C3OC(CP(=O)(O)O)OC32)c(=O)[nH]1. The molecule has 14 heteroatoms. The standard InChI is InChI=1S/C12H16N5O8P/c13-12-15-9-6(10(19)16-12)14-3-17(9)11-8-7(4(1-18)23-11)24-5(25-8)2-26(20,21)22/h3-5,7-8,11,18H,1-2H2,(H2,20,21,22)(H3,13,15,16,19). The van der Waals surface area contributed by atoms with Crippen LogP contribution in [-0.2, 0) is 18.8 Å². The summed E-state index contributed by atoms with van der Waals surface area (Å²) < 4.78 is 29.4. The van der Waals surface area contributed by atoms with Crippen molar-refractivity contribution in [1.82, 2.24) is 19.5 Å². The molecule has 142 valence electrons. The minimum Gasteiger partial charge on any atom is -0.394 e. The number of aliphatic hydroxyl groups is 1. The molecular weight excluding hydrogens is 373 g/mol. The molecule has 2 aliphatic heterocycles. The lowest BCUT2D eigenvalue weighted by Crippen LogP contribution is -2.31. The summed E-state index contributed by atoms with van der Waals surface area (Å²) in [5, 5.41) is 9.52. The molecule has 2 aromatic heterocycles. The number of nitrogen functional groups attached to an aromatic ring is 1. The highest BCUT2D eigenvalue weighted by Crippen LogP contribution is 2.44. The third-order valence-corrected chi connectivity index (χ3v) is 4.97. The van der Waals surface area contributed by atoms with Gasteiger partial charge in [-0.05, 0) is 0 Å². The van der Waals surface area contributed by atoms with Gasteiger partial charge >= 0.3 is 7.60 Å². The first-order valence-electron chi connectivity index (χ1n) is 7.61. The maximum absolute atomic E-state index is 11.9. The summed E-state index contributed by atoms with van der Waals surface area (Å²) >= 11 is 0. The Hall–Kier alpha value is -1.86. The summed E-state index contributed by atoms with van der Waals surface area (Å²) in [5.41, 5.74) is 5.23. The van der Waals surface area contributed by atoms with Crippen LogP contribution in [0.4, 0.5) is 5.95 Å². The maximum Gasteiger partial charge on any atom is 0.330 e. The van der Waals surface area contributed by atoms with Crippen molar-refractivity contribution in [3.05, 3.63) is 16.7 Å². The van der Waals surface area contributed by atoms with Gasteiger partial charge in [-0.25, -0.2) is 4.98 Å². The van der Waals surface area contributed by atoms with Crippen LogP contribution in [0, 0.1) is 0 Å². The molecule has 6 N–H and O–H groups in total. The molecule has 4 rings (SSSR count). The van der Waals surface area contributed by atoms with Crippen LogP contribution in [0.25, 0.3) is 11.2 Å². The minimum absolute atomic E-state index is 0.0393. The fourth-order valence-electron chi connectivity index (χ4n) is 3.18. The number of aromatic amines is 1. The molecule has 0 bridgehead atoms. The van der Waals surface area contributed by atoms with E-state index in [-0.39, 0.29) is 17.1 Å². The number of aromatic nitrogens is 4. The van der Waals surface area contributed by atoms with Gasteiger partial charge in [0, 0.05) is 0 Å². The Morgan fingerprint density at radius 3 is 2.73 bits per heavy atom. The molecule has 4 heterocycles. The number of ether oxygens (including phenoxy) is 3. The normalized spacial score (nSPS) is 31.6. The van der Waals surface area contributed by atoms with Gasteiger partial charge in [0.15, 0.2) is 23.7 Å². The van der Waals surface area contributed by atoms with E-state index in [0.717, 1.165) is 0 Å². The third kappa shape index (κ3) is 2.93. The Morgan fingerprint density at radius 1 is 1.31 bits per heavy atom. The molecule has 5 unspecified atom stereocenters. The molecule has 5 atom stereocenters. The molecule has 0 aliphatic carbocycles. The van der Waals surface area contributed by atoms with Crippen molar-refractivity contribution >= 4 is 24.7 Å². The van der Waals surface area contributed by atoms with Gasteiger partial charge in [-0.15, -0.1) is 0 Å². The second-order valence-corrected chi connectivity index (χ2v) is 7.70. The van der Waals surface area contributed by atoms with E-state index in [1.807, 2.05) is 0 Å². The number of nitrogens with one attached hydrogen (secondary N) is 1. The molecule has 0 saturated carbocycles. The largest absolute Gasteiger partial charge is 0.394 e. The number of anilines is 1. The molecule has 0 radical (unpaired) electrons. The van der Waals surface area contributed by atoms with Crippen LogP contribution in [-0.4, -0.2) is 71.8 Å². The number of hydrogen-bond acceptors (Lipinski definition) is 9. The number of nitrogens with zero attached hydrogens (tertiary/aromatic N) is 3. The fraction of sp³-hybridized carbons (Fsp3) is 0.583. The fourth-order valence-corrected chi connectivity index (χ4v) is 3.74. The van der Waals surface area contributed by atoms with Gasteiger partial charge < -0.3 is 34.8 Å². The number of nitrogens with two attached hydrogens (primary N) is 1. The molecule has 2 fully saturated rings. The van der Waals surface area contributed by atoms with Crippen molar-refractivity contribution in [2.45, 2.75) is 30.8 Å². The van der Waals surface area contributed by atoms with Crippen molar-refractivity contribution < 1.29 is 33.7 Å². The van der Waals surface area contributed by atoms with Gasteiger partial charge in [0.05, 0.1) is 12.9 Å². The first kappa shape index (κ1) is 17.5. The lowest BCUT2D eigenvalue weighted by atomic mass is 10.1. The highest BCUT2D eigenvalue weighted by molar-refractivity contribution is 7.51. The molecule has 0 amide bonds. The maximum atomic E-state index is 11.9. The number of aliphatic hydroxyl groups excluding tert-OH is 1. The molecule has 13 nitrogen and oxygen atoms in total. The van der Waals surface area contributed by atoms with E-state index in [9.17, 15) is 14.5 Å². The van der Waals surface area contributed by atoms with Gasteiger partial charge in [-0.3, -0.25) is 18.9 Å². The predicted octanol–water partition coefficient (Wildman–Crippen LogP) is -2.12. The van der Waals surface area contributed by atoms with Crippen molar-refractivity contribution in [1.29, 1.82) is 0 Å². The van der Waals surface area contributed by atoms with Gasteiger partial charge in [-0.2, -0.15) is 4.98 Å². The van der Waals surface area contributed by atoms with E-state index >= 15 is 0 Å². The molecule has 0 aromatic carbocycles. The van der Waals surface area contributed by atoms with Crippen LogP contribution in [0.3, 0.4) is 0 Å². The lowest BCUT2D eigenvalue weighted by Gasteiger charge is -2.20.